The van der Waals surface area contributed by atoms with Gasteiger partial charge < -0.3 is 15.5 Å². The van der Waals surface area contributed by atoms with Crippen molar-refractivity contribution in [2.24, 2.45) is 5.92 Å². The number of nitrogens with one attached hydrogen (secondary N) is 3. The minimum absolute atomic E-state index is 0.00513. The van der Waals surface area contributed by atoms with Crippen LogP contribution in [-0.2, 0) is 11.0 Å². The Labute approximate surface area is 205 Å². The number of likely N-dealkylation sites (tertiary alicyclic amines) is 1. The maximum Gasteiger partial charge on any atom is 0.434 e. The third-order valence-corrected chi connectivity index (χ3v) is 5.88. The van der Waals surface area contributed by atoms with Crippen molar-refractivity contribution in [2.75, 3.05) is 25.5 Å². The highest BCUT2D eigenvalue weighted by atomic mass is 19.4. The molecular weight excluding hydrogens is 483 g/mol. The van der Waals surface area contributed by atoms with E-state index in [4.69, 9.17) is 5.41 Å². The molecule has 2 atom stereocenters. The molecule has 2 aromatic rings. The fourth-order valence-electron chi connectivity index (χ4n) is 4.17. The quantitative estimate of drug-likeness (QED) is 0.380. The van der Waals surface area contributed by atoms with Crippen LogP contribution in [0, 0.1) is 18.3 Å². The highest BCUT2D eigenvalue weighted by Crippen LogP contribution is 2.35. The van der Waals surface area contributed by atoms with E-state index < -0.39 is 54.3 Å². The summed E-state index contributed by atoms with van der Waals surface area (Å²) in [6.45, 7) is 2.47. The summed E-state index contributed by atoms with van der Waals surface area (Å²) in [5.74, 6) is -4.70. The molecule has 12 heteroatoms. The molecule has 1 amide bonds. The first-order valence-corrected chi connectivity index (χ1v) is 11.2. The van der Waals surface area contributed by atoms with Crippen LogP contribution in [0.25, 0.3) is 5.57 Å². The lowest BCUT2D eigenvalue weighted by atomic mass is 9.87. The molecule has 1 aromatic heterocycles. The van der Waals surface area contributed by atoms with Crippen LogP contribution in [0.1, 0.15) is 30.2 Å². The maximum absolute atomic E-state index is 14.5. The van der Waals surface area contributed by atoms with Crippen LogP contribution in [0.5, 0.6) is 0 Å². The van der Waals surface area contributed by atoms with E-state index in [2.05, 4.69) is 20.6 Å². The Morgan fingerprint density at radius 2 is 2.00 bits per heavy atom. The number of aromatic nitrogens is 2. The molecule has 0 spiro atoms. The van der Waals surface area contributed by atoms with Crippen molar-refractivity contribution in [3.8, 4) is 0 Å². The molecule has 0 bridgehead atoms. The van der Waals surface area contributed by atoms with Crippen molar-refractivity contribution in [2.45, 2.75) is 38.4 Å². The molecule has 0 saturated carbocycles. The summed E-state index contributed by atoms with van der Waals surface area (Å²) in [6.07, 6.45) is -2.20. The average molecular weight is 511 g/mol. The number of nitrogens with zero attached hydrogens (tertiary/aromatic N) is 3. The third-order valence-electron chi connectivity index (χ3n) is 5.88. The SMILES string of the molecule is CN/C=C(\C(=N)C(=O)N1CC(F)(F)CC(C)C1CNc1cnc(C(F)(F)F)cn1)c1cccc(C)c1. The van der Waals surface area contributed by atoms with Crippen molar-refractivity contribution in [1.82, 2.24) is 20.2 Å². The molecule has 3 N–H and O–H groups in total. The van der Waals surface area contributed by atoms with Gasteiger partial charge in [0.25, 0.3) is 11.8 Å². The van der Waals surface area contributed by atoms with Crippen LogP contribution < -0.4 is 10.6 Å². The second kappa shape index (κ2) is 10.6. The first kappa shape index (κ1) is 27.0. The number of benzene rings is 1. The standard InChI is InChI=1S/C24H27F5N6O/c1-14-5-4-6-16(7-14)17(9-31-3)21(30)22(36)35-13-23(25,26)8-15(2)18(35)10-33-20-12-32-19(11-34-20)24(27,28)29/h4-7,9,11-12,15,18,30-31H,8,10,13H2,1-3H3,(H,33,34)/b17-9-,30-21?. The Morgan fingerprint density at radius 3 is 2.58 bits per heavy atom. The molecule has 7 nitrogen and oxygen atoms in total. The number of aryl methyl sites for hydroxylation is 1. The molecule has 0 radical (unpaired) electrons. The van der Waals surface area contributed by atoms with Gasteiger partial charge in [-0.15, -0.1) is 0 Å². The number of carbonyl (C=O) groups excluding carboxylic acids is 1. The lowest BCUT2D eigenvalue weighted by Gasteiger charge is -2.43. The number of halogens is 5. The number of anilines is 1. The van der Waals surface area contributed by atoms with Crippen LogP contribution >= 0.6 is 0 Å². The molecule has 1 aromatic carbocycles. The van der Waals surface area contributed by atoms with E-state index >= 15 is 0 Å². The van der Waals surface area contributed by atoms with Gasteiger partial charge in [-0.05, 0) is 18.4 Å². The second-order valence-corrected chi connectivity index (χ2v) is 8.79. The number of piperidine rings is 1. The summed E-state index contributed by atoms with van der Waals surface area (Å²) in [5.41, 5.74) is 0.0954. The van der Waals surface area contributed by atoms with Gasteiger partial charge in [-0.2, -0.15) is 13.2 Å². The van der Waals surface area contributed by atoms with E-state index in [0.717, 1.165) is 16.7 Å². The Balaban J connectivity index is 1.84. The van der Waals surface area contributed by atoms with Gasteiger partial charge in [0.2, 0.25) is 0 Å². The average Bonchev–Trinajstić information content (AvgIpc) is 2.80. The molecule has 0 aliphatic carbocycles. The first-order chi connectivity index (χ1) is 16.8. The van der Waals surface area contributed by atoms with E-state index in [1.54, 1.807) is 32.2 Å². The summed E-state index contributed by atoms with van der Waals surface area (Å²) >= 11 is 0. The number of hydrogen-bond acceptors (Lipinski definition) is 6. The smallest absolute Gasteiger partial charge is 0.393 e. The molecule has 36 heavy (non-hydrogen) atoms. The maximum atomic E-state index is 14.5. The van der Waals surface area contributed by atoms with E-state index in [1.165, 1.54) is 6.20 Å². The molecule has 1 aliphatic heterocycles. The van der Waals surface area contributed by atoms with Gasteiger partial charge in [-0.1, -0.05) is 36.8 Å². The second-order valence-electron chi connectivity index (χ2n) is 8.79. The van der Waals surface area contributed by atoms with Crippen molar-refractivity contribution in [3.05, 3.63) is 59.7 Å². The van der Waals surface area contributed by atoms with Gasteiger partial charge in [-0.25, -0.2) is 18.7 Å². The zero-order valence-electron chi connectivity index (χ0n) is 20.0. The van der Waals surface area contributed by atoms with E-state index in [1.807, 2.05) is 13.0 Å². The van der Waals surface area contributed by atoms with Crippen LogP contribution in [0.2, 0.25) is 0 Å². The molecule has 194 valence electrons. The number of rotatable bonds is 7. The molecular formula is C24H27F5N6O. The van der Waals surface area contributed by atoms with Gasteiger partial charge in [0.05, 0.1) is 25.0 Å². The first-order valence-electron chi connectivity index (χ1n) is 11.2. The highest BCUT2D eigenvalue weighted by Gasteiger charge is 2.46. The topological polar surface area (TPSA) is 94.0 Å². The number of carbonyl (C=O) groups is 1. The van der Waals surface area contributed by atoms with Crippen molar-refractivity contribution >= 4 is 23.0 Å². The minimum Gasteiger partial charge on any atom is -0.393 e. The normalized spacial score (nSPS) is 20.1. The predicted molar refractivity (Wildman–Crippen MR) is 126 cm³/mol. The Hall–Kier alpha value is -3.57. The molecule has 1 saturated heterocycles. The monoisotopic (exact) mass is 510 g/mol. The van der Waals surface area contributed by atoms with Crippen LogP contribution in [0.4, 0.5) is 27.8 Å². The Kier molecular flexibility index (Phi) is 7.95. The van der Waals surface area contributed by atoms with Crippen molar-refractivity contribution in [3.63, 3.8) is 0 Å². The number of hydrogen-bond donors (Lipinski definition) is 3. The third kappa shape index (κ3) is 6.35. The molecule has 3 rings (SSSR count). The van der Waals surface area contributed by atoms with Gasteiger partial charge in [0.15, 0.2) is 5.69 Å². The van der Waals surface area contributed by atoms with Crippen molar-refractivity contribution in [1.29, 1.82) is 5.41 Å². The highest BCUT2D eigenvalue weighted by molar-refractivity contribution is 6.54. The zero-order valence-corrected chi connectivity index (χ0v) is 20.0. The summed E-state index contributed by atoms with van der Waals surface area (Å²) < 4.78 is 67.2. The fraction of sp³-hybridized carbons (Fsp3) is 0.417. The van der Waals surface area contributed by atoms with Crippen LogP contribution in [0.3, 0.4) is 0 Å². The Bertz CT molecular complexity index is 1130. The summed E-state index contributed by atoms with van der Waals surface area (Å²) in [6, 6.07) is 6.34. The number of amides is 1. The fourth-order valence-corrected chi connectivity index (χ4v) is 4.17. The largest absolute Gasteiger partial charge is 0.434 e. The molecule has 1 aliphatic rings. The van der Waals surface area contributed by atoms with Gasteiger partial charge >= 0.3 is 6.18 Å². The van der Waals surface area contributed by atoms with Gasteiger partial charge in [0, 0.05) is 31.8 Å². The van der Waals surface area contributed by atoms with Gasteiger partial charge in [-0.3, -0.25) is 10.2 Å². The Morgan fingerprint density at radius 1 is 1.28 bits per heavy atom. The van der Waals surface area contributed by atoms with E-state index in [9.17, 15) is 26.7 Å². The predicted octanol–water partition coefficient (Wildman–Crippen LogP) is 4.37. The van der Waals surface area contributed by atoms with Crippen LogP contribution in [0.15, 0.2) is 42.9 Å². The number of alkyl halides is 5. The van der Waals surface area contributed by atoms with Gasteiger partial charge in [0.1, 0.15) is 11.5 Å². The van der Waals surface area contributed by atoms with E-state index in [0.29, 0.717) is 11.8 Å². The van der Waals surface area contributed by atoms with Crippen LogP contribution in [-0.4, -0.2) is 58.6 Å². The summed E-state index contributed by atoms with van der Waals surface area (Å²) in [5, 5.41) is 14.2. The molecule has 2 heterocycles. The minimum atomic E-state index is -4.64. The van der Waals surface area contributed by atoms with Crippen molar-refractivity contribution < 1.29 is 26.7 Å². The summed E-state index contributed by atoms with van der Waals surface area (Å²) in [7, 11) is 1.60. The zero-order chi connectivity index (χ0) is 26.7. The van der Waals surface area contributed by atoms with E-state index in [-0.39, 0.29) is 17.9 Å². The molecule has 1 fully saturated rings. The summed E-state index contributed by atoms with van der Waals surface area (Å²) in [4.78, 5) is 21.4. The lowest BCUT2D eigenvalue weighted by Crippen LogP contribution is -2.58. The lowest BCUT2D eigenvalue weighted by molar-refractivity contribution is -0.145. The molecule has 2 unspecified atom stereocenters.